The van der Waals surface area contributed by atoms with Gasteiger partial charge in [0.2, 0.25) is 5.79 Å². The first kappa shape index (κ1) is 54.8. The summed E-state index contributed by atoms with van der Waals surface area (Å²) in [6, 6.07) is 17.7. The number of benzene rings is 2. The third kappa shape index (κ3) is 12.9. The molecular formula is C59H80N2O11. The number of amides is 1. The summed E-state index contributed by atoms with van der Waals surface area (Å²) >= 11 is 0. The van der Waals surface area contributed by atoms with Crippen LogP contribution in [0.15, 0.2) is 96.7 Å². The number of Topliss-reactive ketones (excluding diaryl/α,β-unsaturated/α-hetero) is 2. The fourth-order valence-corrected chi connectivity index (χ4v) is 11.9. The molecule has 0 spiro atoms. The SMILES string of the molecule is C=CCC1/C=C(\C)CC(C)CC(OC)C2OC(O)(C(=O)C(=O)N3CCCCC3C(=O)OC(C(C)=CC3CCC(Oc4ccc5c(ccn5Cc5ccccc5)c4)C(OC)C3)C(C)CCC1=O)C(C)CC2OC. The minimum Gasteiger partial charge on any atom is -0.488 e. The molecule has 3 fully saturated rings. The number of carbonyl (C=O) groups is 4. The van der Waals surface area contributed by atoms with Crippen LogP contribution in [-0.4, -0.2) is 114 Å². The molecule has 0 radical (unpaired) electrons. The van der Waals surface area contributed by atoms with Gasteiger partial charge in [0, 0.05) is 69.8 Å². The summed E-state index contributed by atoms with van der Waals surface area (Å²) in [7, 11) is 4.83. The van der Waals surface area contributed by atoms with E-state index in [4.69, 9.17) is 28.4 Å². The van der Waals surface area contributed by atoms with Crippen LogP contribution in [0.2, 0.25) is 0 Å². The highest BCUT2D eigenvalue weighted by molar-refractivity contribution is 6.39. The second-order valence-corrected chi connectivity index (χ2v) is 21.4. The van der Waals surface area contributed by atoms with Crippen molar-refractivity contribution in [3.63, 3.8) is 0 Å². The molecule has 2 bridgehead atoms. The second-order valence-electron chi connectivity index (χ2n) is 21.4. The molecular weight excluding hydrogens is 913 g/mol. The Balaban J connectivity index is 1.13. The van der Waals surface area contributed by atoms with Gasteiger partial charge in [-0.05, 0) is 138 Å². The minimum absolute atomic E-state index is 0.0554. The van der Waals surface area contributed by atoms with Crippen molar-refractivity contribution in [2.45, 2.75) is 167 Å². The predicted molar refractivity (Wildman–Crippen MR) is 277 cm³/mol. The van der Waals surface area contributed by atoms with Crippen molar-refractivity contribution in [2.75, 3.05) is 27.9 Å². The molecule has 2 aromatic carbocycles. The van der Waals surface area contributed by atoms with Gasteiger partial charge in [-0.3, -0.25) is 14.4 Å². The predicted octanol–water partition coefficient (Wildman–Crippen LogP) is 9.76. The molecule has 7 rings (SSSR count). The number of allylic oxidation sites excluding steroid dienone is 4. The number of cyclic esters (lactones) is 1. The van der Waals surface area contributed by atoms with Crippen molar-refractivity contribution >= 4 is 34.3 Å². The van der Waals surface area contributed by atoms with E-state index in [1.165, 1.54) is 10.5 Å². The third-order valence-corrected chi connectivity index (χ3v) is 15.9. The van der Waals surface area contributed by atoms with E-state index < -0.39 is 59.8 Å². The Bertz CT molecular complexity index is 2410. The number of aromatic nitrogens is 1. The normalized spacial score (nSPS) is 33.8. The Kier molecular flexibility index (Phi) is 18.9. The van der Waals surface area contributed by atoms with Crippen LogP contribution in [-0.2, 0) is 49.4 Å². The maximum atomic E-state index is 14.6. The summed E-state index contributed by atoms with van der Waals surface area (Å²) in [6.07, 6.45) is 11.3. The first-order valence-electron chi connectivity index (χ1n) is 26.4. The van der Waals surface area contributed by atoms with Crippen molar-refractivity contribution in [1.29, 1.82) is 0 Å². The molecule has 4 heterocycles. The summed E-state index contributed by atoms with van der Waals surface area (Å²) in [4.78, 5) is 58.9. The molecule has 13 nitrogen and oxygen atoms in total. The van der Waals surface area contributed by atoms with Crippen molar-refractivity contribution < 1.29 is 52.7 Å². The molecule has 392 valence electrons. The first-order valence-corrected chi connectivity index (χ1v) is 26.4. The van der Waals surface area contributed by atoms with Gasteiger partial charge in [0.25, 0.3) is 11.7 Å². The summed E-state index contributed by atoms with van der Waals surface area (Å²) in [5.74, 6) is -5.68. The first-order chi connectivity index (χ1) is 34.6. The summed E-state index contributed by atoms with van der Waals surface area (Å²) in [6.45, 7) is 14.6. The number of piperidine rings is 1. The molecule has 72 heavy (non-hydrogen) atoms. The minimum atomic E-state index is -2.49. The fraction of sp³-hybridized carbons (Fsp3) is 0.593. The molecule has 4 aliphatic rings. The van der Waals surface area contributed by atoms with Gasteiger partial charge in [-0.25, -0.2) is 4.79 Å². The maximum absolute atomic E-state index is 14.6. The van der Waals surface area contributed by atoms with Gasteiger partial charge in [-0.15, -0.1) is 6.58 Å². The lowest BCUT2D eigenvalue weighted by atomic mass is 9.82. The van der Waals surface area contributed by atoms with E-state index in [0.717, 1.165) is 47.2 Å². The Hall–Kier alpha value is -4.92. The monoisotopic (exact) mass is 993 g/mol. The average Bonchev–Trinajstić information content (AvgIpc) is 3.77. The molecule has 13 atom stereocenters. The van der Waals surface area contributed by atoms with E-state index in [1.54, 1.807) is 34.3 Å². The zero-order chi connectivity index (χ0) is 51.7. The number of hydrogen-bond acceptors (Lipinski definition) is 11. The standard InChI is InChI=1S/C59H80N2O11/c1-10-16-45-30-37(2)29-38(3)31-52(68-8)55-53(69-9)33-41(6)59(66,72-55)56(63)57(64)61-27-15-14-19-48(61)58(65)71-54(39(4)20-24-49(45)62)40(5)32-43-21-25-50(51(34-43)67-7)70-46-22-23-47-44(35-46)26-28-60(47)36-42-17-12-11-13-18-42/h10-13,17-18,22-23,26,28,30,32,35,38-39,41,43,45,48,50-55,66H,1,14-16,19-21,24-25,27,29,31,33-34,36H2,2-9H3/b37-30+,40-32?. The number of esters is 1. The molecule has 1 saturated carbocycles. The largest absolute Gasteiger partial charge is 0.488 e. The lowest BCUT2D eigenvalue weighted by molar-refractivity contribution is -0.302. The Labute approximate surface area is 427 Å². The van der Waals surface area contributed by atoms with Crippen LogP contribution < -0.4 is 4.74 Å². The van der Waals surface area contributed by atoms with Crippen LogP contribution in [0, 0.1) is 29.6 Å². The van der Waals surface area contributed by atoms with Gasteiger partial charge in [0.15, 0.2) is 0 Å². The molecule has 2 saturated heterocycles. The Morgan fingerprint density at radius 2 is 1.61 bits per heavy atom. The van der Waals surface area contributed by atoms with E-state index in [2.05, 4.69) is 72.8 Å². The number of ketones is 2. The highest BCUT2D eigenvalue weighted by Gasteiger charge is 2.56. The molecule has 3 aliphatic heterocycles. The molecule has 13 unspecified atom stereocenters. The van der Waals surface area contributed by atoms with Crippen LogP contribution in [0.3, 0.4) is 0 Å². The molecule has 13 heteroatoms. The summed E-state index contributed by atoms with van der Waals surface area (Å²) < 4.78 is 39.7. The molecule has 1 aliphatic carbocycles. The van der Waals surface area contributed by atoms with Crippen LogP contribution in [0.25, 0.3) is 10.9 Å². The van der Waals surface area contributed by atoms with Gasteiger partial charge < -0.3 is 43.0 Å². The Morgan fingerprint density at radius 3 is 2.33 bits per heavy atom. The van der Waals surface area contributed by atoms with Crippen molar-refractivity contribution in [1.82, 2.24) is 9.47 Å². The third-order valence-electron chi connectivity index (χ3n) is 15.9. The summed E-state index contributed by atoms with van der Waals surface area (Å²) in [5.41, 5.74) is 4.25. The number of ether oxygens (including phenoxy) is 6. The molecule has 3 aromatic rings. The second kappa shape index (κ2) is 24.9. The smallest absolute Gasteiger partial charge is 0.329 e. The Morgan fingerprint density at radius 1 is 0.875 bits per heavy atom. The van der Waals surface area contributed by atoms with E-state index in [1.807, 2.05) is 39.0 Å². The lowest BCUT2D eigenvalue weighted by Crippen LogP contribution is -2.64. The van der Waals surface area contributed by atoms with E-state index in [0.29, 0.717) is 44.9 Å². The van der Waals surface area contributed by atoms with Gasteiger partial charge in [0.05, 0.1) is 18.3 Å². The molecule has 1 aromatic heterocycles. The maximum Gasteiger partial charge on any atom is 0.329 e. The number of methoxy groups -OCH3 is 3. The zero-order valence-electron chi connectivity index (χ0n) is 44.0. The number of aliphatic hydroxyl groups is 1. The summed E-state index contributed by atoms with van der Waals surface area (Å²) in [5, 5.41) is 13.3. The number of rotatable bonds is 11. The van der Waals surface area contributed by atoms with Crippen LogP contribution in [0.5, 0.6) is 5.75 Å². The quantitative estimate of drug-likeness (QED) is 0.111. The van der Waals surface area contributed by atoms with Gasteiger partial charge in [0.1, 0.15) is 35.9 Å². The highest BCUT2D eigenvalue weighted by atomic mass is 16.7. The van der Waals surface area contributed by atoms with Crippen molar-refractivity contribution in [3.05, 3.63) is 102 Å². The van der Waals surface area contributed by atoms with E-state index >= 15 is 0 Å². The zero-order valence-corrected chi connectivity index (χ0v) is 44.0. The fourth-order valence-electron chi connectivity index (χ4n) is 11.9. The van der Waals surface area contributed by atoms with Crippen LogP contribution in [0.1, 0.15) is 117 Å². The van der Waals surface area contributed by atoms with Gasteiger partial charge >= 0.3 is 5.97 Å². The topological polar surface area (TPSA) is 152 Å². The highest BCUT2D eigenvalue weighted by Crippen LogP contribution is 2.40. The van der Waals surface area contributed by atoms with Crippen LogP contribution in [0.4, 0.5) is 0 Å². The number of carbonyl (C=O) groups excluding carboxylic acids is 4. The van der Waals surface area contributed by atoms with Gasteiger partial charge in [-0.2, -0.15) is 0 Å². The molecule has 1 amide bonds. The van der Waals surface area contributed by atoms with Crippen LogP contribution >= 0.6 is 0 Å². The van der Waals surface area contributed by atoms with Crippen molar-refractivity contribution in [2.24, 2.45) is 29.6 Å². The van der Waals surface area contributed by atoms with E-state index in [9.17, 15) is 24.3 Å². The number of nitrogens with zero attached hydrogens (tertiary/aromatic N) is 2. The van der Waals surface area contributed by atoms with Gasteiger partial charge in [-0.1, -0.05) is 74.9 Å². The number of fused-ring (bicyclic) bond motifs is 4. The molecule has 1 N–H and O–H groups in total. The average molecular weight is 993 g/mol. The number of hydrogen-bond donors (Lipinski definition) is 1. The van der Waals surface area contributed by atoms with E-state index in [-0.39, 0.29) is 67.5 Å². The lowest BCUT2D eigenvalue weighted by Gasteiger charge is -2.47. The van der Waals surface area contributed by atoms with Crippen molar-refractivity contribution in [3.8, 4) is 5.75 Å².